The Bertz CT molecular complexity index is 1430. The molecule has 0 atom stereocenters. The van der Waals surface area contributed by atoms with Crippen molar-refractivity contribution in [3.05, 3.63) is 94.8 Å². The minimum absolute atomic E-state index is 0.00413. The van der Waals surface area contributed by atoms with Crippen LogP contribution in [0.5, 0.6) is 0 Å². The molecule has 9 heteroatoms. The van der Waals surface area contributed by atoms with E-state index in [1.165, 1.54) is 30.3 Å². The maximum Gasteiger partial charge on any atom is 0.221 e. The van der Waals surface area contributed by atoms with Crippen molar-refractivity contribution in [3.63, 3.8) is 0 Å². The van der Waals surface area contributed by atoms with Crippen LogP contribution < -0.4 is 0 Å². The van der Waals surface area contributed by atoms with Crippen LogP contribution in [0, 0.1) is 17.5 Å². The Morgan fingerprint density at radius 2 is 1.50 bits per heavy atom. The zero-order valence-corrected chi connectivity index (χ0v) is 18.1. The fourth-order valence-corrected chi connectivity index (χ4v) is 5.13. The molecule has 1 aromatic heterocycles. The van der Waals surface area contributed by atoms with Crippen LogP contribution in [0.15, 0.2) is 71.6 Å². The average Bonchev–Trinajstić information content (AvgIpc) is 3.17. The highest BCUT2D eigenvalue weighted by Crippen LogP contribution is 2.40. The van der Waals surface area contributed by atoms with Gasteiger partial charge in [-0.3, -0.25) is 4.79 Å². The molecule has 32 heavy (non-hydrogen) atoms. The first-order chi connectivity index (χ1) is 15.1. The predicted octanol–water partition coefficient (Wildman–Crippen LogP) is 5.53. The van der Waals surface area contributed by atoms with Crippen LogP contribution in [0.4, 0.5) is 13.2 Å². The predicted molar refractivity (Wildman–Crippen MR) is 116 cm³/mol. The van der Waals surface area contributed by atoms with Crippen LogP contribution in [0.2, 0.25) is 0 Å². The number of sulfone groups is 1. The van der Waals surface area contributed by atoms with Crippen molar-refractivity contribution in [2.75, 3.05) is 6.26 Å². The van der Waals surface area contributed by atoms with Crippen LogP contribution in [0.25, 0.3) is 21.7 Å². The SMILES string of the molecule is CS(=O)(=O)c1ccccc1-c1nc(C(=O)c2cc(F)cc(F)c2)sc1-c1ccc(F)cc1. The second-order valence-corrected chi connectivity index (χ2v) is 9.94. The number of hydrogen-bond acceptors (Lipinski definition) is 5. The molecule has 3 aromatic carbocycles. The van der Waals surface area contributed by atoms with E-state index < -0.39 is 33.1 Å². The number of carbonyl (C=O) groups excluding carboxylic acids is 1. The molecular weight excluding hydrogens is 459 g/mol. The summed E-state index contributed by atoms with van der Waals surface area (Å²) in [7, 11) is -3.64. The summed E-state index contributed by atoms with van der Waals surface area (Å²) in [5.74, 6) is -3.01. The van der Waals surface area contributed by atoms with E-state index in [1.54, 1.807) is 18.2 Å². The molecule has 0 unspecified atom stereocenters. The highest BCUT2D eigenvalue weighted by Gasteiger charge is 2.24. The molecule has 0 spiro atoms. The van der Waals surface area contributed by atoms with Gasteiger partial charge in [0.05, 0.1) is 15.5 Å². The van der Waals surface area contributed by atoms with Crippen molar-refractivity contribution in [1.82, 2.24) is 4.98 Å². The molecule has 4 rings (SSSR count). The van der Waals surface area contributed by atoms with Gasteiger partial charge in [-0.05, 0) is 35.9 Å². The lowest BCUT2D eigenvalue weighted by Gasteiger charge is -2.08. The molecule has 4 aromatic rings. The minimum atomic E-state index is -3.64. The summed E-state index contributed by atoms with van der Waals surface area (Å²) in [6, 6.07) is 14.0. The van der Waals surface area contributed by atoms with Gasteiger partial charge < -0.3 is 0 Å². The highest BCUT2D eigenvalue weighted by molar-refractivity contribution is 7.90. The number of carbonyl (C=O) groups is 1. The average molecular weight is 473 g/mol. The Morgan fingerprint density at radius 3 is 2.12 bits per heavy atom. The third-order valence-electron chi connectivity index (χ3n) is 4.59. The fourth-order valence-electron chi connectivity index (χ4n) is 3.19. The molecule has 0 amide bonds. The minimum Gasteiger partial charge on any atom is -0.286 e. The van der Waals surface area contributed by atoms with Gasteiger partial charge in [-0.1, -0.05) is 30.3 Å². The van der Waals surface area contributed by atoms with Gasteiger partial charge in [0, 0.05) is 23.4 Å². The Labute approximate surface area is 185 Å². The summed E-state index contributed by atoms with van der Waals surface area (Å²) in [4.78, 5) is 17.7. The van der Waals surface area contributed by atoms with E-state index >= 15 is 0 Å². The van der Waals surface area contributed by atoms with E-state index in [1.807, 2.05) is 0 Å². The third kappa shape index (κ3) is 4.35. The first kappa shape index (κ1) is 21.9. The van der Waals surface area contributed by atoms with Gasteiger partial charge in [0.25, 0.3) is 0 Å². The first-order valence-corrected chi connectivity index (χ1v) is 11.9. The number of halogens is 3. The maximum atomic E-state index is 13.6. The summed E-state index contributed by atoms with van der Waals surface area (Å²) in [6.07, 6.45) is 1.05. The topological polar surface area (TPSA) is 64.1 Å². The fraction of sp³-hybridized carbons (Fsp3) is 0.0435. The second kappa shape index (κ2) is 8.33. The number of rotatable bonds is 5. The largest absolute Gasteiger partial charge is 0.286 e. The van der Waals surface area contributed by atoms with Gasteiger partial charge in [-0.25, -0.2) is 26.6 Å². The van der Waals surface area contributed by atoms with Crippen LogP contribution >= 0.6 is 11.3 Å². The van der Waals surface area contributed by atoms with Gasteiger partial charge in [0.2, 0.25) is 5.78 Å². The molecule has 0 N–H and O–H groups in total. The van der Waals surface area contributed by atoms with Gasteiger partial charge in [-0.2, -0.15) is 0 Å². The standard InChI is InChI=1S/C23H14F3NO3S2/c1-32(29,30)19-5-3-2-4-18(19)20-22(13-6-8-15(24)9-7-13)31-23(27-20)21(28)14-10-16(25)12-17(26)11-14/h2-12H,1H3. The molecule has 0 bridgehead atoms. The maximum absolute atomic E-state index is 13.6. The molecular formula is C23H14F3NO3S2. The van der Waals surface area contributed by atoms with Gasteiger partial charge in [0.15, 0.2) is 14.8 Å². The number of ketones is 1. The van der Waals surface area contributed by atoms with E-state index in [0.717, 1.165) is 29.7 Å². The lowest BCUT2D eigenvalue weighted by molar-refractivity contribution is 0.103. The van der Waals surface area contributed by atoms with Crippen molar-refractivity contribution in [1.29, 1.82) is 0 Å². The van der Waals surface area contributed by atoms with E-state index in [-0.39, 0.29) is 26.7 Å². The van der Waals surface area contributed by atoms with Crippen molar-refractivity contribution in [3.8, 4) is 21.7 Å². The number of thiazole rings is 1. The molecule has 4 nitrogen and oxygen atoms in total. The van der Waals surface area contributed by atoms with Gasteiger partial charge >= 0.3 is 0 Å². The molecule has 0 saturated heterocycles. The number of nitrogens with zero attached hydrogens (tertiary/aromatic N) is 1. The van der Waals surface area contributed by atoms with Crippen LogP contribution in [0.3, 0.4) is 0 Å². The van der Waals surface area contributed by atoms with Gasteiger partial charge in [-0.15, -0.1) is 11.3 Å². The van der Waals surface area contributed by atoms with Crippen molar-refractivity contribution >= 4 is 27.0 Å². The summed E-state index contributed by atoms with van der Waals surface area (Å²) < 4.78 is 65.4. The van der Waals surface area contributed by atoms with E-state index in [4.69, 9.17) is 0 Å². The number of aromatic nitrogens is 1. The molecule has 1 heterocycles. The second-order valence-electron chi connectivity index (χ2n) is 6.96. The van der Waals surface area contributed by atoms with Crippen LogP contribution in [-0.4, -0.2) is 25.4 Å². The van der Waals surface area contributed by atoms with Crippen LogP contribution in [0.1, 0.15) is 15.4 Å². The monoisotopic (exact) mass is 473 g/mol. The quantitative estimate of drug-likeness (QED) is 0.358. The van der Waals surface area contributed by atoms with E-state index in [9.17, 15) is 26.4 Å². The Hall–Kier alpha value is -3.30. The lowest BCUT2D eigenvalue weighted by Crippen LogP contribution is -2.03. The molecule has 0 aliphatic rings. The smallest absolute Gasteiger partial charge is 0.221 e. The molecule has 162 valence electrons. The van der Waals surface area contributed by atoms with Gasteiger partial charge in [0.1, 0.15) is 17.5 Å². The Balaban J connectivity index is 1.95. The molecule has 0 saturated carbocycles. The normalized spacial score (nSPS) is 11.5. The summed E-state index contributed by atoms with van der Waals surface area (Å²) in [6.45, 7) is 0. The number of hydrogen-bond donors (Lipinski definition) is 0. The van der Waals surface area contributed by atoms with E-state index in [2.05, 4.69) is 4.98 Å². The number of benzene rings is 3. The Morgan fingerprint density at radius 1 is 0.875 bits per heavy atom. The van der Waals surface area contributed by atoms with E-state index in [0.29, 0.717) is 16.5 Å². The summed E-state index contributed by atoms with van der Waals surface area (Å²) in [5, 5.41) is -0.0902. The van der Waals surface area contributed by atoms with Crippen molar-refractivity contribution < 1.29 is 26.4 Å². The molecule has 0 aliphatic carbocycles. The third-order valence-corrected chi connectivity index (χ3v) is 6.85. The zero-order valence-electron chi connectivity index (χ0n) is 16.5. The zero-order chi connectivity index (χ0) is 23.0. The molecule has 0 fully saturated rings. The Kier molecular flexibility index (Phi) is 5.70. The van der Waals surface area contributed by atoms with Crippen molar-refractivity contribution in [2.45, 2.75) is 4.90 Å². The van der Waals surface area contributed by atoms with Crippen LogP contribution in [-0.2, 0) is 9.84 Å². The lowest BCUT2D eigenvalue weighted by atomic mass is 10.1. The molecule has 0 radical (unpaired) electrons. The summed E-state index contributed by atoms with van der Waals surface area (Å²) >= 11 is 0.924. The molecule has 0 aliphatic heterocycles. The van der Waals surface area contributed by atoms with Crippen molar-refractivity contribution in [2.24, 2.45) is 0 Å². The summed E-state index contributed by atoms with van der Waals surface area (Å²) in [5.41, 5.74) is 0.731. The first-order valence-electron chi connectivity index (χ1n) is 9.20. The highest BCUT2D eigenvalue weighted by atomic mass is 32.2.